The van der Waals surface area contributed by atoms with Gasteiger partial charge in [0.1, 0.15) is 0 Å². The van der Waals surface area contributed by atoms with Crippen molar-refractivity contribution in [2.24, 2.45) is 5.92 Å². The third-order valence-electron chi connectivity index (χ3n) is 5.06. The maximum Gasteiger partial charge on any atom is 0.185 e. The van der Waals surface area contributed by atoms with Crippen molar-refractivity contribution in [1.29, 1.82) is 0 Å². The van der Waals surface area contributed by atoms with Crippen LogP contribution in [-0.4, -0.2) is 78.4 Å². The first kappa shape index (κ1) is 17.1. The molecule has 0 saturated carbocycles. The number of thiazole rings is 1. The van der Waals surface area contributed by atoms with E-state index in [2.05, 4.69) is 32.0 Å². The predicted octanol–water partition coefficient (Wildman–Crippen LogP) is 1.67. The molecule has 0 aromatic carbocycles. The number of hydrogen-bond donors (Lipinski definition) is 1. The molecule has 6 heteroatoms. The molecular weight excluding hydrogens is 308 g/mol. The fraction of sp³-hybridized carbons (Fsp3) is 0.824. The Balaban J connectivity index is 1.38. The van der Waals surface area contributed by atoms with Crippen LogP contribution in [0, 0.1) is 12.8 Å². The molecule has 0 radical (unpaired) electrons. The summed E-state index contributed by atoms with van der Waals surface area (Å²) in [6, 6.07) is 0. The number of anilines is 1. The van der Waals surface area contributed by atoms with Gasteiger partial charge in [-0.1, -0.05) is 6.92 Å². The molecule has 2 aliphatic heterocycles. The van der Waals surface area contributed by atoms with Gasteiger partial charge in [-0.05, 0) is 38.8 Å². The van der Waals surface area contributed by atoms with Gasteiger partial charge in [0, 0.05) is 44.6 Å². The molecule has 1 aromatic rings. The Hall–Kier alpha value is -0.690. The molecule has 1 N–H and O–H groups in total. The molecule has 2 aliphatic rings. The number of aliphatic hydroxyl groups is 1. The van der Waals surface area contributed by atoms with E-state index in [0.717, 1.165) is 69.1 Å². The molecule has 0 bridgehead atoms. The molecule has 3 heterocycles. The average Bonchev–Trinajstić information content (AvgIpc) is 2.97. The highest BCUT2D eigenvalue weighted by Gasteiger charge is 2.23. The van der Waals surface area contributed by atoms with Crippen LogP contribution in [0.25, 0.3) is 0 Å². The first-order valence-electron chi connectivity index (χ1n) is 8.90. The van der Waals surface area contributed by atoms with Crippen LogP contribution in [0.5, 0.6) is 0 Å². The number of hydrogen-bond acceptors (Lipinski definition) is 6. The lowest BCUT2D eigenvalue weighted by atomic mass is 9.99. The highest BCUT2D eigenvalue weighted by Crippen LogP contribution is 2.21. The van der Waals surface area contributed by atoms with E-state index in [-0.39, 0.29) is 6.10 Å². The van der Waals surface area contributed by atoms with Crippen molar-refractivity contribution in [2.75, 3.05) is 57.3 Å². The minimum atomic E-state index is -0.225. The number of nitrogens with zero attached hydrogens (tertiary/aromatic N) is 4. The second-order valence-corrected chi connectivity index (χ2v) is 8.03. The Labute approximate surface area is 143 Å². The van der Waals surface area contributed by atoms with Gasteiger partial charge in [0.25, 0.3) is 0 Å². The zero-order valence-electron chi connectivity index (χ0n) is 14.4. The van der Waals surface area contributed by atoms with Crippen molar-refractivity contribution in [2.45, 2.75) is 32.8 Å². The summed E-state index contributed by atoms with van der Waals surface area (Å²) in [7, 11) is 0. The molecule has 130 valence electrons. The smallest absolute Gasteiger partial charge is 0.185 e. The molecule has 3 rings (SSSR count). The normalized spacial score (nSPS) is 23.3. The first-order chi connectivity index (χ1) is 11.1. The second kappa shape index (κ2) is 7.92. The zero-order chi connectivity index (χ0) is 16.2. The zero-order valence-corrected chi connectivity index (χ0v) is 15.3. The Morgan fingerprint density at radius 3 is 2.30 bits per heavy atom. The molecule has 0 aliphatic carbocycles. The van der Waals surface area contributed by atoms with E-state index in [9.17, 15) is 5.11 Å². The summed E-state index contributed by atoms with van der Waals surface area (Å²) in [6.07, 6.45) is 2.33. The molecule has 0 spiro atoms. The van der Waals surface area contributed by atoms with Gasteiger partial charge in [-0.15, -0.1) is 11.3 Å². The predicted molar refractivity (Wildman–Crippen MR) is 96.3 cm³/mol. The quantitative estimate of drug-likeness (QED) is 0.885. The van der Waals surface area contributed by atoms with Crippen molar-refractivity contribution in [1.82, 2.24) is 14.8 Å². The van der Waals surface area contributed by atoms with Crippen LogP contribution in [0.3, 0.4) is 0 Å². The number of aryl methyl sites for hydroxylation is 1. The summed E-state index contributed by atoms with van der Waals surface area (Å²) >= 11 is 1.73. The lowest BCUT2D eigenvalue weighted by Crippen LogP contribution is -2.50. The Bertz CT molecular complexity index is 479. The van der Waals surface area contributed by atoms with Crippen LogP contribution in [0.2, 0.25) is 0 Å². The number of aliphatic hydroxyl groups excluding tert-OH is 1. The van der Waals surface area contributed by atoms with E-state index in [0.29, 0.717) is 0 Å². The monoisotopic (exact) mass is 338 g/mol. The SMILES string of the molecule is Cc1csc(N2CCN(C[C@@H](O)CN3CCC(C)CC3)CC2)n1. The van der Waals surface area contributed by atoms with Crippen molar-refractivity contribution in [3.05, 3.63) is 11.1 Å². The van der Waals surface area contributed by atoms with Gasteiger partial charge in [0.15, 0.2) is 5.13 Å². The van der Waals surface area contributed by atoms with Gasteiger partial charge in [0.05, 0.1) is 11.8 Å². The molecule has 2 saturated heterocycles. The van der Waals surface area contributed by atoms with Crippen molar-refractivity contribution in [3.8, 4) is 0 Å². The minimum absolute atomic E-state index is 0.225. The summed E-state index contributed by atoms with van der Waals surface area (Å²) in [5.41, 5.74) is 1.11. The third kappa shape index (κ3) is 4.89. The number of likely N-dealkylation sites (tertiary alicyclic amines) is 1. The van der Waals surface area contributed by atoms with Crippen LogP contribution in [0.4, 0.5) is 5.13 Å². The van der Waals surface area contributed by atoms with Crippen LogP contribution in [0.1, 0.15) is 25.5 Å². The summed E-state index contributed by atoms with van der Waals surface area (Å²) in [5.74, 6) is 0.853. The van der Waals surface area contributed by atoms with Gasteiger partial charge in [0.2, 0.25) is 0 Å². The average molecular weight is 339 g/mol. The molecular formula is C17H30N4OS. The van der Waals surface area contributed by atoms with Crippen molar-refractivity contribution in [3.63, 3.8) is 0 Å². The first-order valence-corrected chi connectivity index (χ1v) is 9.78. The van der Waals surface area contributed by atoms with Gasteiger partial charge in [-0.3, -0.25) is 4.90 Å². The topological polar surface area (TPSA) is 42.8 Å². The summed E-state index contributed by atoms with van der Waals surface area (Å²) in [6.45, 7) is 12.4. The highest BCUT2D eigenvalue weighted by atomic mass is 32.1. The molecule has 1 atom stereocenters. The lowest BCUT2D eigenvalue weighted by Gasteiger charge is -2.37. The van der Waals surface area contributed by atoms with Crippen LogP contribution < -0.4 is 4.90 Å². The van der Waals surface area contributed by atoms with Gasteiger partial charge >= 0.3 is 0 Å². The van der Waals surface area contributed by atoms with Crippen LogP contribution >= 0.6 is 11.3 Å². The molecule has 5 nitrogen and oxygen atoms in total. The molecule has 1 aromatic heterocycles. The number of piperazine rings is 1. The largest absolute Gasteiger partial charge is 0.390 e. The van der Waals surface area contributed by atoms with Crippen LogP contribution in [-0.2, 0) is 0 Å². The van der Waals surface area contributed by atoms with E-state index in [4.69, 9.17) is 0 Å². The highest BCUT2D eigenvalue weighted by molar-refractivity contribution is 7.13. The van der Waals surface area contributed by atoms with E-state index in [1.165, 1.54) is 12.8 Å². The fourth-order valence-corrected chi connectivity index (χ4v) is 4.36. The van der Waals surface area contributed by atoms with E-state index >= 15 is 0 Å². The van der Waals surface area contributed by atoms with E-state index < -0.39 is 0 Å². The molecule has 23 heavy (non-hydrogen) atoms. The molecule has 0 unspecified atom stereocenters. The Kier molecular flexibility index (Phi) is 5.91. The summed E-state index contributed by atoms with van der Waals surface area (Å²) in [4.78, 5) is 11.8. The number of rotatable bonds is 5. The lowest BCUT2D eigenvalue weighted by molar-refractivity contribution is 0.0597. The van der Waals surface area contributed by atoms with E-state index in [1.54, 1.807) is 11.3 Å². The molecule has 2 fully saturated rings. The van der Waals surface area contributed by atoms with Gasteiger partial charge in [-0.25, -0.2) is 4.98 Å². The van der Waals surface area contributed by atoms with Gasteiger partial charge in [-0.2, -0.15) is 0 Å². The van der Waals surface area contributed by atoms with Crippen LogP contribution in [0.15, 0.2) is 5.38 Å². The maximum absolute atomic E-state index is 10.4. The van der Waals surface area contributed by atoms with E-state index in [1.807, 2.05) is 6.92 Å². The van der Waals surface area contributed by atoms with Crippen molar-refractivity contribution < 1.29 is 5.11 Å². The Morgan fingerprint density at radius 1 is 1.13 bits per heavy atom. The standard InChI is InChI=1S/C17H30N4OS/c1-14-3-5-19(6-4-14)11-16(22)12-20-7-9-21(10-8-20)17-18-15(2)13-23-17/h13-14,16,22H,3-12H2,1-2H3/t16-/m0/s1. The molecule has 0 amide bonds. The second-order valence-electron chi connectivity index (χ2n) is 7.20. The minimum Gasteiger partial charge on any atom is -0.390 e. The fourth-order valence-electron chi connectivity index (χ4n) is 3.51. The maximum atomic E-state index is 10.4. The summed E-state index contributed by atoms with van der Waals surface area (Å²) in [5, 5.41) is 13.7. The van der Waals surface area contributed by atoms with Gasteiger partial charge < -0.3 is 14.9 Å². The number of piperidine rings is 1. The third-order valence-corrected chi connectivity index (χ3v) is 6.08. The number of aromatic nitrogens is 1. The summed E-state index contributed by atoms with van der Waals surface area (Å²) < 4.78 is 0. The van der Waals surface area contributed by atoms with Crippen molar-refractivity contribution >= 4 is 16.5 Å². The number of β-amino-alcohol motifs (C(OH)–C–C–N with tert-alkyl or cyclic N) is 1. The Morgan fingerprint density at radius 2 is 1.74 bits per heavy atom.